The molecule has 0 saturated carbocycles. The number of thioether (sulfide) groups is 1. The van der Waals surface area contributed by atoms with E-state index >= 15 is 0 Å². The van der Waals surface area contributed by atoms with Crippen LogP contribution in [0.15, 0.2) is 88.5 Å². The highest BCUT2D eigenvalue weighted by Crippen LogP contribution is 2.34. The SMILES string of the molecule is O=C(Cn1cc(/C=C2\SC(=S)N(CCc3ccccc3)C2=O)c2ccccc21)NCc1ccco1. The first-order chi connectivity index (χ1) is 17.1. The highest BCUT2D eigenvalue weighted by Gasteiger charge is 2.31. The summed E-state index contributed by atoms with van der Waals surface area (Å²) in [4.78, 5) is 27.9. The highest BCUT2D eigenvalue weighted by molar-refractivity contribution is 8.26. The summed E-state index contributed by atoms with van der Waals surface area (Å²) >= 11 is 6.83. The predicted molar refractivity (Wildman–Crippen MR) is 143 cm³/mol. The molecule has 1 aliphatic heterocycles. The van der Waals surface area contributed by atoms with Gasteiger partial charge in [0.05, 0.1) is 17.7 Å². The lowest BCUT2D eigenvalue weighted by Gasteiger charge is -2.14. The smallest absolute Gasteiger partial charge is 0.266 e. The van der Waals surface area contributed by atoms with Crippen LogP contribution in [0.25, 0.3) is 17.0 Å². The molecule has 2 aromatic carbocycles. The summed E-state index contributed by atoms with van der Waals surface area (Å²) in [6, 6.07) is 21.5. The Kier molecular flexibility index (Phi) is 6.83. The first kappa shape index (κ1) is 23.1. The molecule has 2 aromatic heterocycles. The molecule has 1 fully saturated rings. The largest absolute Gasteiger partial charge is 0.467 e. The van der Waals surface area contributed by atoms with Crippen LogP contribution in [0.5, 0.6) is 0 Å². The maximum absolute atomic E-state index is 13.1. The molecule has 5 rings (SSSR count). The van der Waals surface area contributed by atoms with Gasteiger partial charge in [-0.1, -0.05) is 72.5 Å². The Bertz CT molecular complexity index is 1410. The van der Waals surface area contributed by atoms with Crippen molar-refractivity contribution in [3.05, 3.63) is 101 Å². The van der Waals surface area contributed by atoms with Gasteiger partial charge < -0.3 is 14.3 Å². The van der Waals surface area contributed by atoms with E-state index in [1.807, 2.05) is 77.5 Å². The Morgan fingerprint density at radius 1 is 1.06 bits per heavy atom. The van der Waals surface area contributed by atoms with Gasteiger partial charge in [0.15, 0.2) is 0 Å². The van der Waals surface area contributed by atoms with Gasteiger partial charge in [0.1, 0.15) is 16.6 Å². The number of carbonyl (C=O) groups is 2. The van der Waals surface area contributed by atoms with Crippen molar-refractivity contribution in [3.63, 3.8) is 0 Å². The van der Waals surface area contributed by atoms with Crippen molar-refractivity contribution in [1.82, 2.24) is 14.8 Å². The van der Waals surface area contributed by atoms with Crippen LogP contribution in [0.3, 0.4) is 0 Å². The van der Waals surface area contributed by atoms with Crippen molar-refractivity contribution in [2.45, 2.75) is 19.5 Å². The number of thiocarbonyl (C=S) groups is 1. The molecule has 0 atom stereocenters. The number of hydrogen-bond donors (Lipinski definition) is 1. The van der Waals surface area contributed by atoms with E-state index in [0.717, 1.165) is 22.9 Å². The van der Waals surface area contributed by atoms with Gasteiger partial charge in [-0.2, -0.15) is 0 Å². The Morgan fingerprint density at radius 3 is 2.66 bits per heavy atom. The van der Waals surface area contributed by atoms with Gasteiger partial charge >= 0.3 is 0 Å². The number of furan rings is 1. The minimum absolute atomic E-state index is 0.0797. The van der Waals surface area contributed by atoms with Gasteiger partial charge in [-0.3, -0.25) is 14.5 Å². The van der Waals surface area contributed by atoms with Crippen LogP contribution in [0.4, 0.5) is 0 Å². The van der Waals surface area contributed by atoms with Crippen LogP contribution in [0, 0.1) is 0 Å². The third kappa shape index (κ3) is 5.23. The summed E-state index contributed by atoms with van der Waals surface area (Å²) < 4.78 is 7.74. The second-order valence-electron chi connectivity index (χ2n) is 8.15. The number of carbonyl (C=O) groups excluding carboxylic acids is 2. The van der Waals surface area contributed by atoms with E-state index in [9.17, 15) is 9.59 Å². The number of fused-ring (bicyclic) bond motifs is 1. The number of rotatable bonds is 8. The zero-order valence-corrected chi connectivity index (χ0v) is 20.5. The first-order valence-electron chi connectivity index (χ1n) is 11.2. The molecule has 2 amide bonds. The Morgan fingerprint density at radius 2 is 1.86 bits per heavy atom. The first-order valence-corrected chi connectivity index (χ1v) is 12.5. The van der Waals surface area contributed by atoms with Gasteiger partial charge in [0, 0.05) is 29.2 Å². The number of nitrogens with one attached hydrogen (secondary N) is 1. The zero-order chi connectivity index (χ0) is 24.2. The van der Waals surface area contributed by atoms with Gasteiger partial charge in [0.25, 0.3) is 5.91 Å². The molecule has 0 unspecified atom stereocenters. The third-order valence-corrected chi connectivity index (χ3v) is 7.18. The summed E-state index contributed by atoms with van der Waals surface area (Å²) in [7, 11) is 0. The van der Waals surface area contributed by atoms with Crippen molar-refractivity contribution in [2.75, 3.05) is 6.54 Å². The molecule has 35 heavy (non-hydrogen) atoms. The predicted octanol–water partition coefficient (Wildman–Crippen LogP) is 4.99. The minimum Gasteiger partial charge on any atom is -0.467 e. The van der Waals surface area contributed by atoms with Gasteiger partial charge in [-0.05, 0) is 36.3 Å². The lowest BCUT2D eigenvalue weighted by molar-refractivity contribution is -0.122. The topological polar surface area (TPSA) is 67.5 Å². The average Bonchev–Trinajstić information content (AvgIpc) is 3.57. The molecule has 1 N–H and O–H groups in total. The van der Waals surface area contributed by atoms with Crippen LogP contribution < -0.4 is 5.32 Å². The van der Waals surface area contributed by atoms with Gasteiger partial charge in [0.2, 0.25) is 5.91 Å². The summed E-state index contributed by atoms with van der Waals surface area (Å²) in [5, 5.41) is 3.85. The summed E-state index contributed by atoms with van der Waals surface area (Å²) in [5.41, 5.74) is 2.97. The molecule has 0 radical (unpaired) electrons. The monoisotopic (exact) mass is 501 g/mol. The van der Waals surface area contributed by atoms with Crippen LogP contribution in [-0.2, 0) is 29.1 Å². The van der Waals surface area contributed by atoms with Crippen LogP contribution in [-0.4, -0.2) is 32.1 Å². The number of para-hydroxylation sites is 1. The Balaban J connectivity index is 1.33. The lowest BCUT2D eigenvalue weighted by atomic mass is 10.1. The molecule has 0 spiro atoms. The van der Waals surface area contributed by atoms with Crippen molar-refractivity contribution in [2.24, 2.45) is 0 Å². The van der Waals surface area contributed by atoms with Crippen molar-refractivity contribution in [3.8, 4) is 0 Å². The fourth-order valence-corrected chi connectivity index (χ4v) is 5.35. The van der Waals surface area contributed by atoms with Crippen LogP contribution in [0.2, 0.25) is 0 Å². The van der Waals surface area contributed by atoms with E-state index in [4.69, 9.17) is 16.6 Å². The quantitative estimate of drug-likeness (QED) is 0.272. The Hall–Kier alpha value is -3.62. The Labute approximate surface area is 212 Å². The van der Waals surface area contributed by atoms with E-state index in [-0.39, 0.29) is 18.4 Å². The van der Waals surface area contributed by atoms with Gasteiger partial charge in [-0.15, -0.1) is 0 Å². The highest BCUT2D eigenvalue weighted by atomic mass is 32.2. The van der Waals surface area contributed by atoms with E-state index in [1.54, 1.807) is 17.2 Å². The molecule has 0 bridgehead atoms. The number of hydrogen-bond acceptors (Lipinski definition) is 5. The minimum atomic E-state index is -0.124. The van der Waals surface area contributed by atoms with E-state index < -0.39 is 0 Å². The van der Waals surface area contributed by atoms with Crippen LogP contribution >= 0.6 is 24.0 Å². The third-order valence-electron chi connectivity index (χ3n) is 5.80. The molecular weight excluding hydrogens is 478 g/mol. The number of nitrogens with zero attached hydrogens (tertiary/aromatic N) is 2. The molecule has 0 aliphatic carbocycles. The van der Waals surface area contributed by atoms with Crippen molar-refractivity contribution >= 4 is 57.1 Å². The molecule has 6 nitrogen and oxygen atoms in total. The van der Waals surface area contributed by atoms with E-state index in [2.05, 4.69) is 5.32 Å². The maximum atomic E-state index is 13.1. The molecule has 1 saturated heterocycles. The van der Waals surface area contributed by atoms with E-state index in [0.29, 0.717) is 28.1 Å². The number of aromatic nitrogens is 1. The molecule has 8 heteroatoms. The second-order valence-corrected chi connectivity index (χ2v) is 9.83. The number of benzene rings is 2. The molecule has 176 valence electrons. The van der Waals surface area contributed by atoms with Crippen LogP contribution in [0.1, 0.15) is 16.9 Å². The summed E-state index contributed by atoms with van der Waals surface area (Å²) in [6.45, 7) is 1.04. The standard InChI is InChI=1S/C27H23N3O3S2/c31-25(28-16-21-9-6-14-33-21)18-29-17-20(22-10-4-5-11-23(22)29)15-24-26(32)30(27(34)35-24)13-12-19-7-2-1-3-8-19/h1-11,14-15,17H,12-13,16,18H2,(H,28,31)/b24-15-. The zero-order valence-electron chi connectivity index (χ0n) is 18.8. The fraction of sp³-hybridized carbons (Fsp3) is 0.148. The summed E-state index contributed by atoms with van der Waals surface area (Å²) in [5.74, 6) is 0.496. The molecule has 4 aromatic rings. The molecule has 3 heterocycles. The number of amides is 2. The summed E-state index contributed by atoms with van der Waals surface area (Å²) in [6.07, 6.45) is 6.11. The maximum Gasteiger partial charge on any atom is 0.266 e. The lowest BCUT2D eigenvalue weighted by Crippen LogP contribution is -2.30. The van der Waals surface area contributed by atoms with Crippen molar-refractivity contribution in [1.29, 1.82) is 0 Å². The average molecular weight is 502 g/mol. The second kappa shape index (κ2) is 10.3. The van der Waals surface area contributed by atoms with Crippen molar-refractivity contribution < 1.29 is 14.0 Å². The molecular formula is C27H23N3O3S2. The molecule has 1 aliphatic rings. The van der Waals surface area contributed by atoms with Gasteiger partial charge in [-0.25, -0.2) is 0 Å². The normalized spacial score (nSPS) is 14.9. The van der Waals surface area contributed by atoms with E-state index in [1.165, 1.54) is 17.3 Å². The fourth-order valence-electron chi connectivity index (χ4n) is 4.05.